The molecule has 0 aliphatic rings. The third-order valence-corrected chi connectivity index (χ3v) is 3.37. The first kappa shape index (κ1) is 11.8. The van der Waals surface area contributed by atoms with Gasteiger partial charge in [0.15, 0.2) is 0 Å². The molecule has 0 amide bonds. The maximum absolute atomic E-state index is 4.66. The molecule has 102 valence electrons. The van der Waals surface area contributed by atoms with E-state index in [4.69, 9.17) is 0 Å². The van der Waals surface area contributed by atoms with Crippen molar-refractivity contribution in [1.82, 2.24) is 24.6 Å². The first-order chi connectivity index (χ1) is 10.3. The number of hydrogen-bond acceptors (Lipinski definition) is 5. The molecule has 4 aromatic rings. The van der Waals surface area contributed by atoms with Crippen molar-refractivity contribution in [2.75, 3.05) is 12.4 Å². The number of pyridine rings is 2. The zero-order chi connectivity index (χ0) is 14.2. The van der Waals surface area contributed by atoms with Crippen LogP contribution in [0.4, 0.5) is 5.95 Å². The summed E-state index contributed by atoms with van der Waals surface area (Å²) in [6.45, 7) is 0. The summed E-state index contributed by atoms with van der Waals surface area (Å²) in [6.07, 6.45) is 5.47. The van der Waals surface area contributed by atoms with Crippen molar-refractivity contribution in [3.63, 3.8) is 0 Å². The second-order valence-electron chi connectivity index (χ2n) is 4.63. The van der Waals surface area contributed by atoms with Crippen LogP contribution in [0.5, 0.6) is 0 Å². The Bertz CT molecular complexity index is 943. The van der Waals surface area contributed by atoms with Gasteiger partial charge in [0.2, 0.25) is 5.95 Å². The molecule has 6 heteroatoms. The zero-order valence-electron chi connectivity index (χ0n) is 11.4. The second kappa shape index (κ2) is 4.52. The van der Waals surface area contributed by atoms with Gasteiger partial charge in [0.05, 0.1) is 28.4 Å². The van der Waals surface area contributed by atoms with Crippen molar-refractivity contribution in [2.45, 2.75) is 0 Å². The number of hydrogen-bond donors (Lipinski definition) is 1. The van der Waals surface area contributed by atoms with E-state index in [2.05, 4.69) is 25.4 Å². The van der Waals surface area contributed by atoms with Gasteiger partial charge in [-0.05, 0) is 30.3 Å². The maximum atomic E-state index is 4.66. The lowest BCUT2D eigenvalue weighted by molar-refractivity contribution is 0.909. The fraction of sp³-hybridized carbons (Fsp3) is 0.0667. The van der Waals surface area contributed by atoms with E-state index in [1.165, 1.54) is 0 Å². The zero-order valence-corrected chi connectivity index (χ0v) is 11.4. The first-order valence-corrected chi connectivity index (χ1v) is 6.59. The Morgan fingerprint density at radius 2 is 2.00 bits per heavy atom. The highest BCUT2D eigenvalue weighted by molar-refractivity contribution is 5.83. The molecule has 6 nitrogen and oxygen atoms in total. The van der Waals surface area contributed by atoms with Gasteiger partial charge in [-0.2, -0.15) is 0 Å². The summed E-state index contributed by atoms with van der Waals surface area (Å²) in [5.74, 6) is 0.584. The first-order valence-electron chi connectivity index (χ1n) is 6.59. The van der Waals surface area contributed by atoms with Gasteiger partial charge >= 0.3 is 0 Å². The molecule has 21 heavy (non-hydrogen) atoms. The highest BCUT2D eigenvalue weighted by atomic mass is 15.3. The molecular formula is C15H12N6. The normalized spacial score (nSPS) is 11.1. The van der Waals surface area contributed by atoms with Crippen LogP contribution in [0.3, 0.4) is 0 Å². The summed E-state index contributed by atoms with van der Waals surface area (Å²) in [4.78, 5) is 13.2. The quantitative estimate of drug-likeness (QED) is 0.609. The molecule has 0 aliphatic heterocycles. The third-order valence-electron chi connectivity index (χ3n) is 3.37. The van der Waals surface area contributed by atoms with Gasteiger partial charge in [0.1, 0.15) is 0 Å². The van der Waals surface area contributed by atoms with Crippen LogP contribution in [0.2, 0.25) is 0 Å². The van der Waals surface area contributed by atoms with Crippen molar-refractivity contribution in [2.24, 2.45) is 0 Å². The van der Waals surface area contributed by atoms with Crippen molar-refractivity contribution in [3.8, 4) is 11.3 Å². The van der Waals surface area contributed by atoms with Crippen molar-refractivity contribution < 1.29 is 0 Å². The third kappa shape index (κ3) is 1.88. The van der Waals surface area contributed by atoms with Crippen LogP contribution in [0, 0.1) is 0 Å². The van der Waals surface area contributed by atoms with Crippen LogP contribution in [0.1, 0.15) is 0 Å². The van der Waals surface area contributed by atoms with Gasteiger partial charge in [0, 0.05) is 25.0 Å². The summed E-state index contributed by atoms with van der Waals surface area (Å²) in [7, 11) is 1.80. The Kier molecular flexibility index (Phi) is 2.53. The van der Waals surface area contributed by atoms with E-state index >= 15 is 0 Å². The van der Waals surface area contributed by atoms with Crippen molar-refractivity contribution >= 4 is 22.5 Å². The lowest BCUT2D eigenvalue weighted by Gasteiger charge is -2.03. The Morgan fingerprint density at radius 1 is 1.05 bits per heavy atom. The van der Waals surface area contributed by atoms with Gasteiger partial charge in [-0.1, -0.05) is 0 Å². The van der Waals surface area contributed by atoms with E-state index in [1.807, 2.05) is 36.5 Å². The standard InChI is InChI=1S/C15H12N6/c1-16-15-18-9-14-10(6-8-21(14)20-15)11-4-5-12-13(19-11)3-2-7-17-12/h2-9H,1H3,(H,16,20). The lowest BCUT2D eigenvalue weighted by Crippen LogP contribution is -2.00. The summed E-state index contributed by atoms with van der Waals surface area (Å²) in [5.41, 5.74) is 4.58. The van der Waals surface area contributed by atoms with E-state index in [0.717, 1.165) is 27.8 Å². The highest BCUT2D eigenvalue weighted by Crippen LogP contribution is 2.25. The van der Waals surface area contributed by atoms with E-state index in [-0.39, 0.29) is 0 Å². The molecular weight excluding hydrogens is 264 g/mol. The van der Waals surface area contributed by atoms with Crippen molar-refractivity contribution in [3.05, 3.63) is 48.9 Å². The van der Waals surface area contributed by atoms with Gasteiger partial charge in [0.25, 0.3) is 0 Å². The molecule has 0 atom stereocenters. The van der Waals surface area contributed by atoms with E-state index in [9.17, 15) is 0 Å². The average molecular weight is 276 g/mol. The predicted octanol–water partition coefficient (Wildman–Crippen LogP) is 2.38. The smallest absolute Gasteiger partial charge is 0.240 e. The molecule has 1 N–H and O–H groups in total. The molecule has 0 aliphatic carbocycles. The minimum Gasteiger partial charge on any atom is -0.356 e. The molecule has 0 spiro atoms. The number of nitrogens with zero attached hydrogens (tertiary/aromatic N) is 5. The fourth-order valence-electron chi connectivity index (χ4n) is 2.34. The second-order valence-corrected chi connectivity index (χ2v) is 4.63. The van der Waals surface area contributed by atoms with Gasteiger partial charge in [-0.15, -0.1) is 5.10 Å². The Morgan fingerprint density at radius 3 is 2.90 bits per heavy atom. The van der Waals surface area contributed by atoms with E-state index < -0.39 is 0 Å². The van der Waals surface area contributed by atoms with E-state index in [0.29, 0.717) is 5.95 Å². The summed E-state index contributed by atoms with van der Waals surface area (Å²) < 4.78 is 1.79. The fourth-order valence-corrected chi connectivity index (χ4v) is 2.34. The number of anilines is 1. The summed E-state index contributed by atoms with van der Waals surface area (Å²) in [6, 6.07) is 9.79. The van der Waals surface area contributed by atoms with Crippen LogP contribution in [-0.2, 0) is 0 Å². The SMILES string of the molecule is CNc1ncc2c(-c3ccc4ncccc4n3)ccn2n1. The largest absolute Gasteiger partial charge is 0.356 e. The molecule has 4 rings (SSSR count). The Labute approximate surface area is 120 Å². The molecule has 0 bridgehead atoms. The van der Waals surface area contributed by atoms with Gasteiger partial charge in [-0.25, -0.2) is 14.5 Å². The molecule has 0 unspecified atom stereocenters. The molecule has 4 heterocycles. The molecule has 0 aromatic carbocycles. The number of nitrogens with one attached hydrogen (secondary N) is 1. The average Bonchev–Trinajstić information content (AvgIpc) is 2.97. The summed E-state index contributed by atoms with van der Waals surface area (Å²) >= 11 is 0. The monoisotopic (exact) mass is 276 g/mol. The lowest BCUT2D eigenvalue weighted by atomic mass is 10.1. The number of aromatic nitrogens is 5. The van der Waals surface area contributed by atoms with Crippen molar-refractivity contribution in [1.29, 1.82) is 0 Å². The van der Waals surface area contributed by atoms with Crippen LogP contribution in [0.15, 0.2) is 48.9 Å². The molecule has 0 fully saturated rings. The van der Waals surface area contributed by atoms with Crippen LogP contribution >= 0.6 is 0 Å². The van der Waals surface area contributed by atoms with Crippen LogP contribution in [-0.4, -0.2) is 31.6 Å². The molecule has 0 saturated carbocycles. The van der Waals surface area contributed by atoms with Gasteiger partial charge in [-0.3, -0.25) is 4.98 Å². The van der Waals surface area contributed by atoms with E-state index in [1.54, 1.807) is 24.0 Å². The van der Waals surface area contributed by atoms with Crippen LogP contribution in [0.25, 0.3) is 27.8 Å². The molecule has 0 radical (unpaired) electrons. The highest BCUT2D eigenvalue weighted by Gasteiger charge is 2.09. The molecule has 0 saturated heterocycles. The molecule has 4 aromatic heterocycles. The number of fused-ring (bicyclic) bond motifs is 2. The Hall–Kier alpha value is -3.02. The maximum Gasteiger partial charge on any atom is 0.240 e. The van der Waals surface area contributed by atoms with Gasteiger partial charge < -0.3 is 5.32 Å². The topological polar surface area (TPSA) is 68.0 Å². The number of rotatable bonds is 2. The van der Waals surface area contributed by atoms with Crippen LogP contribution < -0.4 is 5.32 Å². The predicted molar refractivity (Wildman–Crippen MR) is 81.1 cm³/mol. The Balaban J connectivity index is 1.91. The minimum atomic E-state index is 0.584. The minimum absolute atomic E-state index is 0.584. The summed E-state index contributed by atoms with van der Waals surface area (Å²) in [5, 5.41) is 7.28.